The second-order valence-electron chi connectivity index (χ2n) is 5.43. The van der Waals surface area contributed by atoms with Crippen LogP contribution in [0, 0.1) is 5.82 Å². The maximum absolute atomic E-state index is 13.9. The van der Waals surface area contributed by atoms with E-state index < -0.39 is 5.82 Å². The van der Waals surface area contributed by atoms with Crippen molar-refractivity contribution >= 4 is 46.1 Å². The molecule has 0 spiro atoms. The minimum Gasteiger partial charge on any atom is -0.335 e. The van der Waals surface area contributed by atoms with Gasteiger partial charge in [0.15, 0.2) is 5.82 Å². The van der Waals surface area contributed by atoms with E-state index in [-0.39, 0.29) is 23.0 Å². The summed E-state index contributed by atoms with van der Waals surface area (Å²) in [5.74, 6) is 5.50. The van der Waals surface area contributed by atoms with Crippen molar-refractivity contribution < 1.29 is 9.18 Å². The zero-order chi connectivity index (χ0) is 18.8. The summed E-state index contributed by atoms with van der Waals surface area (Å²) >= 11 is 2.18. The molecule has 1 amide bonds. The number of carbonyl (C=O) groups excluding carboxylic acids is 1. The van der Waals surface area contributed by atoms with Crippen molar-refractivity contribution in [2.24, 2.45) is 0 Å². The Morgan fingerprint density at radius 2 is 2.04 bits per heavy atom. The van der Waals surface area contributed by atoms with E-state index in [1.165, 1.54) is 10.7 Å². The average molecular weight is 401 g/mol. The fourth-order valence-corrected chi connectivity index (χ4v) is 3.63. The topological polar surface area (TPSA) is 112 Å². The molecule has 2 heterocycles. The number of hydrogen-bond acceptors (Lipinski definition) is 8. The maximum Gasteiger partial charge on any atom is 0.234 e. The van der Waals surface area contributed by atoms with Crippen molar-refractivity contribution in [2.75, 3.05) is 16.9 Å². The number of nitrogens with one attached hydrogen (secondary N) is 1. The van der Waals surface area contributed by atoms with Gasteiger partial charge in [0.2, 0.25) is 11.1 Å². The van der Waals surface area contributed by atoms with Crippen LogP contribution in [0.1, 0.15) is 0 Å². The van der Waals surface area contributed by atoms with Crippen molar-refractivity contribution in [3.05, 3.63) is 48.3 Å². The normalized spacial score (nSPS) is 11.0. The number of nitrogen functional groups attached to an aromatic ring is 1. The van der Waals surface area contributed by atoms with Gasteiger partial charge in [0.25, 0.3) is 0 Å². The number of halogens is 1. The Bertz CT molecular complexity index is 1130. The first-order valence-corrected chi connectivity index (χ1v) is 9.44. The number of hydrogen-bond donors (Lipinski definition) is 2. The van der Waals surface area contributed by atoms with Gasteiger partial charge in [0.1, 0.15) is 16.9 Å². The number of anilines is 1. The molecular weight excluding hydrogens is 389 g/mol. The maximum atomic E-state index is 13.9. The highest BCUT2D eigenvalue weighted by molar-refractivity contribution is 7.99. The second-order valence-corrected chi connectivity index (χ2v) is 6.90. The van der Waals surface area contributed by atoms with E-state index in [4.69, 9.17) is 5.84 Å². The van der Waals surface area contributed by atoms with Gasteiger partial charge in [-0.25, -0.2) is 9.07 Å². The highest BCUT2D eigenvalue weighted by atomic mass is 32.2. The van der Waals surface area contributed by atoms with Crippen molar-refractivity contribution in [3.63, 3.8) is 0 Å². The van der Waals surface area contributed by atoms with Gasteiger partial charge in [-0.05, 0) is 24.3 Å². The Balaban J connectivity index is 1.45. The van der Waals surface area contributed by atoms with Crippen LogP contribution in [0.3, 0.4) is 0 Å². The van der Waals surface area contributed by atoms with Crippen LogP contribution in [0.2, 0.25) is 0 Å². The third-order valence-corrected chi connectivity index (χ3v) is 5.16. The van der Waals surface area contributed by atoms with Crippen LogP contribution >= 0.6 is 23.5 Å². The van der Waals surface area contributed by atoms with Crippen LogP contribution in [0.15, 0.2) is 47.6 Å². The zero-order valence-electron chi connectivity index (χ0n) is 13.7. The summed E-state index contributed by atoms with van der Waals surface area (Å²) in [6.07, 6.45) is 0. The third kappa shape index (κ3) is 3.46. The van der Waals surface area contributed by atoms with Crippen LogP contribution < -0.4 is 11.2 Å². The molecule has 0 bridgehead atoms. The van der Waals surface area contributed by atoms with Crippen molar-refractivity contribution in [2.45, 2.75) is 5.16 Å². The molecule has 4 rings (SSSR count). The van der Waals surface area contributed by atoms with Crippen LogP contribution in [-0.2, 0) is 4.79 Å². The highest BCUT2D eigenvalue weighted by Gasteiger charge is 2.16. The van der Waals surface area contributed by atoms with Crippen molar-refractivity contribution in [3.8, 4) is 11.4 Å². The summed E-state index contributed by atoms with van der Waals surface area (Å²) in [5, 5.41) is 11.0. The first-order chi connectivity index (χ1) is 13.1. The van der Waals surface area contributed by atoms with Gasteiger partial charge >= 0.3 is 0 Å². The van der Waals surface area contributed by atoms with E-state index in [9.17, 15) is 9.18 Å². The van der Waals surface area contributed by atoms with Crippen LogP contribution in [-0.4, -0.2) is 35.3 Å². The molecule has 0 aliphatic rings. The summed E-state index contributed by atoms with van der Waals surface area (Å²) in [6.45, 7) is 0. The highest BCUT2D eigenvalue weighted by Crippen LogP contribution is 2.25. The summed E-state index contributed by atoms with van der Waals surface area (Å²) in [6, 6.07) is 11.5. The number of aromatic nitrogens is 5. The lowest BCUT2D eigenvalue weighted by Gasteiger charge is -2.06. The SMILES string of the molecule is Nn1c(SCC(=O)Nc2cccc3nsnc23)nnc1-c1ccccc1F. The first-order valence-electron chi connectivity index (χ1n) is 7.73. The molecule has 11 heteroatoms. The zero-order valence-corrected chi connectivity index (χ0v) is 15.3. The molecule has 0 aliphatic carbocycles. The predicted octanol–water partition coefficient (Wildman–Crippen LogP) is 2.53. The lowest BCUT2D eigenvalue weighted by molar-refractivity contribution is -0.113. The standard InChI is InChI=1S/C16H12FN7OS2/c17-10-5-2-1-4-9(10)15-20-21-16(24(15)18)26-8-13(25)19-11-6-3-7-12-14(11)23-27-22-12/h1-7H,8,18H2,(H,19,25). The molecule has 0 unspecified atom stereocenters. The summed E-state index contributed by atoms with van der Waals surface area (Å²) in [7, 11) is 0. The summed E-state index contributed by atoms with van der Waals surface area (Å²) < 4.78 is 23.4. The molecule has 3 N–H and O–H groups in total. The number of rotatable bonds is 5. The van der Waals surface area contributed by atoms with E-state index in [1.807, 2.05) is 6.07 Å². The predicted molar refractivity (Wildman–Crippen MR) is 102 cm³/mol. The molecule has 0 saturated carbocycles. The van der Waals surface area contributed by atoms with Crippen LogP contribution in [0.25, 0.3) is 22.4 Å². The number of amides is 1. The number of thioether (sulfide) groups is 1. The molecule has 2 aromatic carbocycles. The number of carbonyl (C=O) groups is 1. The quantitative estimate of drug-likeness (QED) is 0.390. The molecule has 0 aliphatic heterocycles. The molecule has 27 heavy (non-hydrogen) atoms. The van der Waals surface area contributed by atoms with Gasteiger partial charge in [-0.2, -0.15) is 8.75 Å². The Hall–Kier alpha value is -3.05. The molecule has 0 saturated heterocycles. The lowest BCUT2D eigenvalue weighted by Crippen LogP contribution is -2.16. The molecule has 8 nitrogen and oxygen atoms in total. The van der Waals surface area contributed by atoms with E-state index >= 15 is 0 Å². The number of fused-ring (bicyclic) bond motifs is 1. The number of nitrogens with two attached hydrogens (primary N) is 1. The van der Waals surface area contributed by atoms with Gasteiger partial charge in [0.05, 0.1) is 28.7 Å². The first kappa shape index (κ1) is 17.4. The Morgan fingerprint density at radius 1 is 1.19 bits per heavy atom. The minimum atomic E-state index is -0.448. The smallest absolute Gasteiger partial charge is 0.234 e. The lowest BCUT2D eigenvalue weighted by atomic mass is 10.2. The summed E-state index contributed by atoms with van der Waals surface area (Å²) in [4.78, 5) is 12.3. The van der Waals surface area contributed by atoms with Crippen LogP contribution in [0.5, 0.6) is 0 Å². The number of benzene rings is 2. The van der Waals surface area contributed by atoms with Crippen molar-refractivity contribution in [1.82, 2.24) is 23.6 Å². The minimum absolute atomic E-state index is 0.0561. The van der Waals surface area contributed by atoms with Gasteiger partial charge in [-0.1, -0.05) is 30.0 Å². The number of nitrogens with zero attached hydrogens (tertiary/aromatic N) is 5. The summed E-state index contributed by atoms with van der Waals surface area (Å²) in [5.41, 5.74) is 2.20. The van der Waals surface area contributed by atoms with Gasteiger partial charge < -0.3 is 11.2 Å². The fraction of sp³-hybridized carbons (Fsp3) is 0.0625. The molecular formula is C16H12FN7OS2. The van der Waals surface area contributed by atoms with E-state index in [0.29, 0.717) is 16.4 Å². The molecule has 136 valence electrons. The second kappa shape index (κ2) is 7.29. The molecule has 0 fully saturated rings. The molecule has 2 aromatic heterocycles. The van der Waals surface area contributed by atoms with Gasteiger partial charge in [0, 0.05) is 0 Å². The van der Waals surface area contributed by atoms with E-state index in [1.54, 1.807) is 30.3 Å². The fourth-order valence-electron chi connectivity index (χ4n) is 2.43. The Labute approximate surface area is 160 Å². The monoisotopic (exact) mass is 401 g/mol. The Kier molecular flexibility index (Phi) is 4.69. The molecule has 0 atom stereocenters. The van der Waals surface area contributed by atoms with Gasteiger partial charge in [-0.3, -0.25) is 4.79 Å². The third-order valence-electron chi connectivity index (χ3n) is 3.67. The molecule has 4 aromatic rings. The van der Waals surface area contributed by atoms with E-state index in [0.717, 1.165) is 29.0 Å². The average Bonchev–Trinajstić information content (AvgIpc) is 3.28. The van der Waals surface area contributed by atoms with Crippen molar-refractivity contribution in [1.29, 1.82) is 0 Å². The molecule has 0 radical (unpaired) electrons. The largest absolute Gasteiger partial charge is 0.335 e. The van der Waals surface area contributed by atoms with Crippen LogP contribution in [0.4, 0.5) is 10.1 Å². The van der Waals surface area contributed by atoms with E-state index in [2.05, 4.69) is 24.3 Å². The van der Waals surface area contributed by atoms with Gasteiger partial charge in [-0.15, -0.1) is 10.2 Å². The Morgan fingerprint density at radius 3 is 2.89 bits per heavy atom.